The Bertz CT molecular complexity index is 1640. The van der Waals surface area contributed by atoms with Gasteiger partial charge in [0.15, 0.2) is 5.79 Å². The van der Waals surface area contributed by atoms with Gasteiger partial charge in [-0.15, -0.1) is 0 Å². The van der Waals surface area contributed by atoms with Crippen LogP contribution in [0.25, 0.3) is 0 Å². The molecule has 4 aromatic rings. The van der Waals surface area contributed by atoms with Crippen molar-refractivity contribution in [3.63, 3.8) is 0 Å². The summed E-state index contributed by atoms with van der Waals surface area (Å²) in [6.45, 7) is 3.90. The first-order valence-corrected chi connectivity index (χ1v) is 17.7. The lowest BCUT2D eigenvalue weighted by Gasteiger charge is -2.51. The summed E-state index contributed by atoms with van der Waals surface area (Å²) in [5.41, 5.74) is 3.64. The first-order valence-electron chi connectivity index (χ1n) is 17.7. The molecule has 1 aliphatic heterocycles. The number of nitrogens with zero attached hydrogens (tertiary/aromatic N) is 1. The van der Waals surface area contributed by atoms with Gasteiger partial charge in [-0.3, -0.25) is 4.79 Å². The minimum absolute atomic E-state index is 0.0138. The quantitative estimate of drug-likeness (QED) is 0.127. The van der Waals surface area contributed by atoms with Crippen molar-refractivity contribution in [1.29, 1.82) is 0 Å². The highest BCUT2D eigenvalue weighted by molar-refractivity contribution is 5.83. The number of ether oxygens (including phenoxy) is 6. The molecule has 0 bridgehead atoms. The molecule has 10 nitrogen and oxygen atoms in total. The second-order valence-corrected chi connectivity index (χ2v) is 12.8. The molecule has 0 saturated carbocycles. The summed E-state index contributed by atoms with van der Waals surface area (Å²) in [5, 5.41) is 12.8. The predicted molar refractivity (Wildman–Crippen MR) is 194 cm³/mol. The molecule has 10 heteroatoms. The van der Waals surface area contributed by atoms with E-state index in [0.29, 0.717) is 0 Å². The molecule has 5 rings (SSSR count). The number of aliphatic hydroxyl groups is 1. The van der Waals surface area contributed by atoms with Crippen molar-refractivity contribution in [2.24, 2.45) is 0 Å². The van der Waals surface area contributed by atoms with Crippen LogP contribution in [0.15, 0.2) is 121 Å². The molecule has 1 fully saturated rings. The number of rotatable bonds is 18. The lowest BCUT2D eigenvalue weighted by Crippen LogP contribution is -2.68. The topological polar surface area (TPSA) is 113 Å². The number of esters is 1. The lowest BCUT2D eigenvalue weighted by atomic mass is 9.87. The van der Waals surface area contributed by atoms with Gasteiger partial charge >= 0.3 is 5.97 Å². The first-order chi connectivity index (χ1) is 25.3. The summed E-state index contributed by atoms with van der Waals surface area (Å²) < 4.78 is 38.2. The molecular weight excluding hydrogens is 662 g/mol. The third-order valence-corrected chi connectivity index (χ3v) is 9.03. The first kappa shape index (κ1) is 38.8. The van der Waals surface area contributed by atoms with Crippen molar-refractivity contribution < 1.29 is 43.1 Å². The number of carbonyl (C=O) groups excluding carboxylic acids is 2. The van der Waals surface area contributed by atoms with Crippen molar-refractivity contribution in [3.8, 4) is 0 Å². The van der Waals surface area contributed by atoms with Crippen molar-refractivity contribution >= 4 is 11.9 Å². The van der Waals surface area contributed by atoms with Crippen LogP contribution in [0.4, 0.5) is 0 Å². The Morgan fingerprint density at radius 3 is 1.62 bits per heavy atom. The maximum absolute atomic E-state index is 13.4. The van der Waals surface area contributed by atoms with Crippen molar-refractivity contribution in [3.05, 3.63) is 144 Å². The van der Waals surface area contributed by atoms with E-state index in [-0.39, 0.29) is 52.0 Å². The molecule has 0 unspecified atom stereocenters. The Labute approximate surface area is 306 Å². The van der Waals surface area contributed by atoms with E-state index in [4.69, 9.17) is 28.4 Å². The highest BCUT2D eigenvalue weighted by Crippen LogP contribution is 2.39. The van der Waals surface area contributed by atoms with Gasteiger partial charge in [-0.2, -0.15) is 0 Å². The van der Waals surface area contributed by atoms with Gasteiger partial charge in [0.05, 0.1) is 39.6 Å². The third-order valence-electron chi connectivity index (χ3n) is 9.03. The number of hydrogen-bond donors (Lipinski definition) is 1. The van der Waals surface area contributed by atoms with E-state index < -0.39 is 42.2 Å². The van der Waals surface area contributed by atoms with E-state index in [2.05, 4.69) is 0 Å². The molecule has 6 atom stereocenters. The maximum atomic E-state index is 13.4. The summed E-state index contributed by atoms with van der Waals surface area (Å²) in [5.74, 6) is -3.24. The molecule has 1 N–H and O–H groups in total. The van der Waals surface area contributed by atoms with Gasteiger partial charge in [-0.05, 0) is 29.2 Å². The standard InChI is InChI=1S/C42H49NO9/c1-4-48-41(45)36(43(3)31(2)44)25-42(46)40(51-29-35-23-15-8-16-24-35)39(50-28-34-21-13-7-14-22-34)38(49-27-33-19-11-6-12-20-33)37(52-42)30-47-26-32-17-9-5-10-18-32/h5-24,36-40,46H,4,25-30H2,1-3H3/t36-,37-,38-,39+,40+,42+/m1/s1. The van der Waals surface area contributed by atoms with Crippen LogP contribution in [-0.4, -0.2) is 78.4 Å². The Kier molecular flexibility index (Phi) is 14.5. The van der Waals surface area contributed by atoms with Gasteiger partial charge < -0.3 is 38.4 Å². The molecule has 0 aromatic heterocycles. The Balaban J connectivity index is 1.55. The van der Waals surface area contributed by atoms with Gasteiger partial charge in [0.25, 0.3) is 0 Å². The van der Waals surface area contributed by atoms with E-state index >= 15 is 0 Å². The predicted octanol–water partition coefficient (Wildman–Crippen LogP) is 5.85. The Hall–Kier alpha value is -4.42. The molecule has 1 aliphatic rings. The normalized spacial score (nSPS) is 22.0. The molecule has 52 heavy (non-hydrogen) atoms. The number of hydrogen-bond acceptors (Lipinski definition) is 9. The number of carbonyl (C=O) groups is 2. The maximum Gasteiger partial charge on any atom is 0.329 e. The molecule has 0 radical (unpaired) electrons. The lowest BCUT2D eigenvalue weighted by molar-refractivity contribution is -0.374. The van der Waals surface area contributed by atoms with E-state index in [1.54, 1.807) is 6.92 Å². The zero-order valence-corrected chi connectivity index (χ0v) is 30.0. The minimum Gasteiger partial charge on any atom is -0.464 e. The third kappa shape index (κ3) is 10.8. The van der Waals surface area contributed by atoms with Crippen molar-refractivity contribution in [2.75, 3.05) is 20.3 Å². The Morgan fingerprint density at radius 1 is 0.712 bits per heavy atom. The summed E-state index contributed by atoms with van der Waals surface area (Å²) >= 11 is 0. The second kappa shape index (κ2) is 19.4. The van der Waals surface area contributed by atoms with Crippen LogP contribution in [-0.2, 0) is 64.4 Å². The number of amides is 1. The summed E-state index contributed by atoms with van der Waals surface area (Å²) in [4.78, 5) is 27.3. The average Bonchev–Trinajstić information content (AvgIpc) is 3.16. The fourth-order valence-electron chi connectivity index (χ4n) is 6.21. The van der Waals surface area contributed by atoms with Crippen molar-refractivity contribution in [1.82, 2.24) is 4.90 Å². The highest BCUT2D eigenvalue weighted by Gasteiger charge is 2.58. The summed E-state index contributed by atoms with van der Waals surface area (Å²) in [6.07, 6.45) is -4.18. The SMILES string of the molecule is CCOC(=O)[C@@H](C[C@]1(O)O[C@H](COCc2ccccc2)[C@@H](OCc2ccccc2)[C@H](OCc2ccccc2)[C@@H]1OCc1ccccc1)N(C)C(C)=O. The molecule has 4 aromatic carbocycles. The molecular formula is C42H49NO9. The van der Waals surface area contributed by atoms with Gasteiger partial charge in [0.1, 0.15) is 30.5 Å². The van der Waals surface area contributed by atoms with Gasteiger partial charge in [-0.1, -0.05) is 121 Å². The van der Waals surface area contributed by atoms with Crippen LogP contribution in [0.5, 0.6) is 0 Å². The van der Waals surface area contributed by atoms with Crippen LogP contribution < -0.4 is 0 Å². The minimum atomic E-state index is -2.18. The number of benzene rings is 4. The second-order valence-electron chi connectivity index (χ2n) is 12.8. The van der Waals surface area contributed by atoms with Gasteiger partial charge in [-0.25, -0.2) is 4.79 Å². The van der Waals surface area contributed by atoms with E-state index in [1.165, 1.54) is 18.9 Å². The van der Waals surface area contributed by atoms with Crippen LogP contribution in [0, 0.1) is 0 Å². The largest absolute Gasteiger partial charge is 0.464 e. The molecule has 0 aliphatic carbocycles. The monoisotopic (exact) mass is 711 g/mol. The summed E-state index contributed by atoms with van der Waals surface area (Å²) in [6, 6.07) is 37.5. The van der Waals surface area contributed by atoms with Crippen LogP contribution in [0.3, 0.4) is 0 Å². The average molecular weight is 712 g/mol. The fraction of sp³-hybridized carbons (Fsp3) is 0.381. The van der Waals surface area contributed by atoms with Crippen LogP contribution >= 0.6 is 0 Å². The van der Waals surface area contributed by atoms with Gasteiger partial charge in [0.2, 0.25) is 5.91 Å². The van der Waals surface area contributed by atoms with Crippen molar-refractivity contribution in [2.45, 2.75) is 82.9 Å². The Morgan fingerprint density at radius 2 is 1.15 bits per heavy atom. The molecule has 1 saturated heterocycles. The smallest absolute Gasteiger partial charge is 0.329 e. The molecule has 1 amide bonds. The zero-order valence-electron chi connectivity index (χ0n) is 30.0. The van der Waals surface area contributed by atoms with E-state index in [1.807, 2.05) is 121 Å². The molecule has 0 spiro atoms. The zero-order chi connectivity index (χ0) is 36.8. The van der Waals surface area contributed by atoms with Crippen LogP contribution in [0.2, 0.25) is 0 Å². The van der Waals surface area contributed by atoms with Gasteiger partial charge in [0, 0.05) is 20.4 Å². The van der Waals surface area contributed by atoms with E-state index in [0.717, 1.165) is 22.3 Å². The van der Waals surface area contributed by atoms with E-state index in [9.17, 15) is 14.7 Å². The molecule has 1 heterocycles. The fourth-order valence-corrected chi connectivity index (χ4v) is 6.21. The number of likely N-dealkylation sites (N-methyl/N-ethyl adjacent to an activating group) is 1. The molecule has 276 valence electrons. The highest BCUT2D eigenvalue weighted by atomic mass is 16.7. The summed E-state index contributed by atoms with van der Waals surface area (Å²) in [7, 11) is 1.49. The van der Waals surface area contributed by atoms with Crippen LogP contribution in [0.1, 0.15) is 42.5 Å².